The van der Waals surface area contributed by atoms with Gasteiger partial charge in [-0.3, -0.25) is 25.0 Å². The zero-order chi connectivity index (χ0) is 14.4. The minimum atomic E-state index is -0.437. The number of imide groups is 1. The summed E-state index contributed by atoms with van der Waals surface area (Å²) in [6.45, 7) is 0.128. The summed E-state index contributed by atoms with van der Waals surface area (Å²) in [5.74, 6) is -0.638. The average Bonchev–Trinajstić information content (AvgIpc) is 2.66. The second kappa shape index (κ2) is 7.38. The first-order chi connectivity index (χ1) is 9.65. The third-order valence-electron chi connectivity index (χ3n) is 3.97. The van der Waals surface area contributed by atoms with Crippen LogP contribution in [0.15, 0.2) is 0 Å². The molecule has 0 aromatic heterocycles. The maximum atomic E-state index is 11.9. The molecule has 2 rings (SSSR count). The molecule has 0 bridgehead atoms. The highest BCUT2D eigenvalue weighted by atomic mass is 16.2. The molecule has 1 unspecified atom stereocenters. The SMILES string of the molecule is O=C1CCC(NCC(=O)NC2CCCCCC2)C(=O)N1. The summed E-state index contributed by atoms with van der Waals surface area (Å²) in [7, 11) is 0. The van der Waals surface area contributed by atoms with Crippen molar-refractivity contribution in [2.75, 3.05) is 6.54 Å². The molecule has 6 nitrogen and oxygen atoms in total. The molecule has 1 aliphatic heterocycles. The van der Waals surface area contributed by atoms with E-state index in [0.717, 1.165) is 12.8 Å². The minimum absolute atomic E-state index is 0.0680. The summed E-state index contributed by atoms with van der Waals surface area (Å²) in [5.41, 5.74) is 0. The second-order valence-electron chi connectivity index (χ2n) is 5.64. The Hall–Kier alpha value is -1.43. The first kappa shape index (κ1) is 15.0. The van der Waals surface area contributed by atoms with Gasteiger partial charge in [0.15, 0.2) is 0 Å². The van der Waals surface area contributed by atoms with Crippen molar-refractivity contribution in [1.29, 1.82) is 0 Å². The topological polar surface area (TPSA) is 87.3 Å². The fourth-order valence-electron chi connectivity index (χ4n) is 2.81. The lowest BCUT2D eigenvalue weighted by molar-refractivity contribution is -0.134. The van der Waals surface area contributed by atoms with Gasteiger partial charge in [0.25, 0.3) is 0 Å². The Morgan fingerprint density at radius 3 is 2.45 bits per heavy atom. The van der Waals surface area contributed by atoms with Gasteiger partial charge in [-0.05, 0) is 19.3 Å². The van der Waals surface area contributed by atoms with E-state index in [4.69, 9.17) is 0 Å². The first-order valence-corrected chi connectivity index (χ1v) is 7.51. The van der Waals surface area contributed by atoms with E-state index in [2.05, 4.69) is 16.0 Å². The molecule has 20 heavy (non-hydrogen) atoms. The quantitative estimate of drug-likeness (QED) is 0.508. The maximum Gasteiger partial charge on any atom is 0.243 e. The normalized spacial score (nSPS) is 24.9. The molecule has 6 heteroatoms. The number of piperidine rings is 1. The van der Waals surface area contributed by atoms with E-state index in [-0.39, 0.29) is 30.3 Å². The lowest BCUT2D eigenvalue weighted by atomic mass is 10.1. The molecule has 0 spiro atoms. The van der Waals surface area contributed by atoms with E-state index in [1.807, 2.05) is 0 Å². The van der Waals surface area contributed by atoms with Crippen molar-refractivity contribution in [2.24, 2.45) is 0 Å². The van der Waals surface area contributed by atoms with E-state index in [0.29, 0.717) is 12.8 Å². The van der Waals surface area contributed by atoms with Crippen LogP contribution in [0.25, 0.3) is 0 Å². The molecule has 112 valence electrons. The van der Waals surface area contributed by atoms with Crippen molar-refractivity contribution in [3.05, 3.63) is 0 Å². The first-order valence-electron chi connectivity index (χ1n) is 7.51. The summed E-state index contributed by atoms with van der Waals surface area (Å²) in [5, 5.41) is 8.21. The molecular formula is C14H23N3O3. The third kappa shape index (κ3) is 4.59. The molecule has 0 aromatic carbocycles. The zero-order valence-electron chi connectivity index (χ0n) is 11.7. The van der Waals surface area contributed by atoms with Gasteiger partial charge in [-0.2, -0.15) is 0 Å². The third-order valence-corrected chi connectivity index (χ3v) is 3.97. The number of hydrogen-bond donors (Lipinski definition) is 3. The van der Waals surface area contributed by atoms with Gasteiger partial charge in [0.2, 0.25) is 17.7 Å². The molecule has 1 aliphatic carbocycles. The van der Waals surface area contributed by atoms with Gasteiger partial charge >= 0.3 is 0 Å². The molecular weight excluding hydrogens is 258 g/mol. The van der Waals surface area contributed by atoms with Gasteiger partial charge < -0.3 is 5.32 Å². The highest BCUT2D eigenvalue weighted by Gasteiger charge is 2.26. The van der Waals surface area contributed by atoms with Gasteiger partial charge in [-0.1, -0.05) is 25.7 Å². The number of carbonyl (C=O) groups excluding carboxylic acids is 3. The van der Waals surface area contributed by atoms with Crippen molar-refractivity contribution < 1.29 is 14.4 Å². The van der Waals surface area contributed by atoms with Gasteiger partial charge in [0.05, 0.1) is 12.6 Å². The molecule has 1 atom stereocenters. The van der Waals surface area contributed by atoms with Crippen LogP contribution in [0.2, 0.25) is 0 Å². The summed E-state index contributed by atoms with van der Waals surface area (Å²) >= 11 is 0. The molecule has 0 radical (unpaired) electrons. The van der Waals surface area contributed by atoms with E-state index in [1.54, 1.807) is 0 Å². The van der Waals surface area contributed by atoms with Crippen LogP contribution in [0.5, 0.6) is 0 Å². The fourth-order valence-corrected chi connectivity index (χ4v) is 2.81. The standard InChI is InChI=1S/C14H23N3O3/c18-12-8-7-11(14(20)17-12)15-9-13(19)16-10-5-3-1-2-4-6-10/h10-11,15H,1-9H2,(H,16,19)(H,17,18,20). The van der Waals surface area contributed by atoms with E-state index < -0.39 is 6.04 Å². The number of hydrogen-bond acceptors (Lipinski definition) is 4. The predicted octanol–water partition coefficient (Wildman–Crippen LogP) is 0.220. The van der Waals surface area contributed by atoms with Crippen LogP contribution in [0, 0.1) is 0 Å². The zero-order valence-corrected chi connectivity index (χ0v) is 11.7. The van der Waals surface area contributed by atoms with Crippen LogP contribution in [0.1, 0.15) is 51.4 Å². The molecule has 2 aliphatic rings. The van der Waals surface area contributed by atoms with E-state index >= 15 is 0 Å². The Bertz CT molecular complexity index is 376. The van der Waals surface area contributed by atoms with Gasteiger partial charge in [0.1, 0.15) is 0 Å². The molecule has 1 heterocycles. The van der Waals surface area contributed by atoms with Crippen LogP contribution in [0.3, 0.4) is 0 Å². The molecule has 3 N–H and O–H groups in total. The van der Waals surface area contributed by atoms with Gasteiger partial charge in [-0.25, -0.2) is 0 Å². The maximum absolute atomic E-state index is 11.9. The van der Waals surface area contributed by atoms with Crippen LogP contribution in [0.4, 0.5) is 0 Å². The molecule has 2 fully saturated rings. The number of amides is 3. The lowest BCUT2D eigenvalue weighted by Crippen LogP contribution is -2.53. The fraction of sp³-hybridized carbons (Fsp3) is 0.786. The highest BCUT2D eigenvalue weighted by Crippen LogP contribution is 2.17. The molecule has 0 aromatic rings. The van der Waals surface area contributed by atoms with Gasteiger partial charge in [-0.15, -0.1) is 0 Å². The summed E-state index contributed by atoms with van der Waals surface area (Å²) in [4.78, 5) is 34.4. The second-order valence-corrected chi connectivity index (χ2v) is 5.64. The van der Waals surface area contributed by atoms with Crippen LogP contribution in [-0.2, 0) is 14.4 Å². The highest BCUT2D eigenvalue weighted by molar-refractivity contribution is 6.00. The van der Waals surface area contributed by atoms with Crippen molar-refractivity contribution in [3.8, 4) is 0 Å². The Kier molecular flexibility index (Phi) is 5.52. The van der Waals surface area contributed by atoms with Crippen LogP contribution >= 0.6 is 0 Å². The summed E-state index contributed by atoms with van der Waals surface area (Å²) in [6, 6.07) is -0.166. The van der Waals surface area contributed by atoms with Crippen molar-refractivity contribution in [1.82, 2.24) is 16.0 Å². The van der Waals surface area contributed by atoms with Crippen molar-refractivity contribution in [3.63, 3.8) is 0 Å². The predicted molar refractivity (Wildman–Crippen MR) is 73.8 cm³/mol. The molecule has 1 saturated carbocycles. The molecule has 3 amide bonds. The monoisotopic (exact) mass is 281 g/mol. The van der Waals surface area contributed by atoms with Gasteiger partial charge in [0, 0.05) is 12.5 Å². The number of nitrogens with one attached hydrogen (secondary N) is 3. The number of carbonyl (C=O) groups is 3. The smallest absolute Gasteiger partial charge is 0.243 e. The Morgan fingerprint density at radius 1 is 1.10 bits per heavy atom. The summed E-state index contributed by atoms with van der Waals surface area (Å²) in [6.07, 6.45) is 7.72. The van der Waals surface area contributed by atoms with Crippen molar-refractivity contribution in [2.45, 2.75) is 63.5 Å². The number of rotatable bonds is 4. The average molecular weight is 281 g/mol. The Morgan fingerprint density at radius 2 is 1.80 bits per heavy atom. The van der Waals surface area contributed by atoms with Crippen LogP contribution < -0.4 is 16.0 Å². The van der Waals surface area contributed by atoms with E-state index in [9.17, 15) is 14.4 Å². The Labute approximate surface area is 119 Å². The van der Waals surface area contributed by atoms with E-state index in [1.165, 1.54) is 25.7 Å². The van der Waals surface area contributed by atoms with Crippen molar-refractivity contribution >= 4 is 17.7 Å². The molecule has 1 saturated heterocycles. The van der Waals surface area contributed by atoms with Crippen LogP contribution in [-0.4, -0.2) is 36.3 Å². The Balaban J connectivity index is 1.69. The summed E-state index contributed by atoms with van der Waals surface area (Å²) < 4.78 is 0. The lowest BCUT2D eigenvalue weighted by Gasteiger charge is -2.22. The largest absolute Gasteiger partial charge is 0.352 e. The minimum Gasteiger partial charge on any atom is -0.352 e.